The molecule has 0 aromatic rings. The molecule has 246 valence electrons. The van der Waals surface area contributed by atoms with Crippen molar-refractivity contribution in [3.05, 3.63) is 0 Å². The van der Waals surface area contributed by atoms with Gasteiger partial charge in [-0.3, -0.25) is 0 Å². The molecule has 3 heterocycles. The molecule has 0 aromatic carbocycles. The standard InChI is InChI=1S/C32H52O11/c1-14-5-10-32(41-12-14)15(2)21-20(43-32)11-18-16-6-9-31(39)27(42-28-25(37)22(34)19(33)13-40-28)24(36)23(35)26(38)30(31,4)17(16)7-8-29(18,21)3/h14-28,33-39H,5-13H2,1-4H3/t14-,15-,16-,17+,18+,19+,20+,21+,22-,23+,24-,25+,26+,27-,28-,29-,30-,31-,32+/m0/s1. The van der Waals surface area contributed by atoms with Crippen LogP contribution in [0.1, 0.15) is 72.6 Å². The van der Waals surface area contributed by atoms with E-state index in [1.54, 1.807) is 6.92 Å². The molecule has 0 bridgehead atoms. The third kappa shape index (κ3) is 4.06. The molecule has 0 radical (unpaired) electrons. The number of ether oxygens (including phenoxy) is 4. The summed E-state index contributed by atoms with van der Waals surface area (Å²) in [7, 11) is 0. The van der Waals surface area contributed by atoms with Crippen LogP contribution in [-0.2, 0) is 18.9 Å². The Morgan fingerprint density at radius 3 is 2.23 bits per heavy atom. The predicted molar refractivity (Wildman–Crippen MR) is 150 cm³/mol. The van der Waals surface area contributed by atoms with Crippen LogP contribution in [0.5, 0.6) is 0 Å². The topological polar surface area (TPSA) is 179 Å². The van der Waals surface area contributed by atoms with Gasteiger partial charge in [0.05, 0.1) is 25.4 Å². The lowest BCUT2D eigenvalue weighted by atomic mass is 9.41. The molecule has 7 N–H and O–H groups in total. The van der Waals surface area contributed by atoms with Gasteiger partial charge in [-0.15, -0.1) is 0 Å². The second kappa shape index (κ2) is 10.3. The van der Waals surface area contributed by atoms with Gasteiger partial charge in [-0.2, -0.15) is 0 Å². The van der Waals surface area contributed by atoms with Gasteiger partial charge < -0.3 is 54.7 Å². The molecule has 3 saturated heterocycles. The lowest BCUT2D eigenvalue weighted by Crippen LogP contribution is -2.78. The zero-order valence-corrected chi connectivity index (χ0v) is 25.8. The first-order valence-corrected chi connectivity index (χ1v) is 16.6. The summed E-state index contributed by atoms with van der Waals surface area (Å²) in [6, 6.07) is 0. The number of aliphatic hydroxyl groups excluding tert-OH is 6. The minimum absolute atomic E-state index is 0.0116. The van der Waals surface area contributed by atoms with E-state index in [9.17, 15) is 35.7 Å². The Balaban J connectivity index is 1.16. The summed E-state index contributed by atoms with van der Waals surface area (Å²) in [5.41, 5.74) is -2.97. The molecule has 7 rings (SSSR count). The molecule has 19 atom stereocenters. The molecule has 0 aromatic heterocycles. The molecule has 7 fully saturated rings. The van der Waals surface area contributed by atoms with Crippen molar-refractivity contribution in [3.8, 4) is 0 Å². The molecule has 3 aliphatic heterocycles. The van der Waals surface area contributed by atoms with E-state index in [2.05, 4.69) is 20.8 Å². The Morgan fingerprint density at radius 2 is 1.53 bits per heavy atom. The van der Waals surface area contributed by atoms with Crippen molar-refractivity contribution < 1.29 is 54.7 Å². The maximum atomic E-state index is 12.5. The fraction of sp³-hybridized carbons (Fsp3) is 1.00. The van der Waals surface area contributed by atoms with Crippen LogP contribution in [0, 0.1) is 46.3 Å². The van der Waals surface area contributed by atoms with E-state index >= 15 is 0 Å². The monoisotopic (exact) mass is 612 g/mol. The lowest BCUT2D eigenvalue weighted by molar-refractivity contribution is -0.369. The first-order chi connectivity index (χ1) is 20.2. The maximum absolute atomic E-state index is 12.5. The summed E-state index contributed by atoms with van der Waals surface area (Å²) >= 11 is 0. The SMILES string of the molecule is C[C@H]1CC[C@@]2(OC1)O[C@@H]1C[C@@H]3[C@H]4CC[C@]5(O)[C@@H](O[C@@H]6OC[C@@H](O)[C@H](O)[C@H]6O)[C@@H](O)[C@@H](O)[C@@H](O)[C@]5(C)[C@@H]4CC[C@]3(C)[C@@H]1[C@@H]2C. The largest absolute Gasteiger partial charge is 0.390 e. The molecule has 1 spiro atoms. The van der Waals surface area contributed by atoms with Crippen LogP contribution in [0.4, 0.5) is 0 Å². The van der Waals surface area contributed by atoms with Crippen molar-refractivity contribution in [2.75, 3.05) is 13.2 Å². The number of aliphatic hydroxyl groups is 7. The Kier molecular flexibility index (Phi) is 7.45. The van der Waals surface area contributed by atoms with Crippen molar-refractivity contribution in [2.45, 2.75) is 139 Å². The Bertz CT molecular complexity index is 1070. The molecular weight excluding hydrogens is 560 g/mol. The molecule has 0 amide bonds. The third-order valence-corrected chi connectivity index (χ3v) is 14.1. The first kappa shape index (κ1) is 31.2. The van der Waals surface area contributed by atoms with Gasteiger partial charge in [-0.1, -0.05) is 27.7 Å². The fourth-order valence-electron chi connectivity index (χ4n) is 11.6. The molecule has 11 nitrogen and oxygen atoms in total. The number of hydrogen-bond acceptors (Lipinski definition) is 11. The number of rotatable bonds is 2. The van der Waals surface area contributed by atoms with Crippen molar-refractivity contribution in [1.29, 1.82) is 0 Å². The molecule has 4 aliphatic carbocycles. The molecule has 7 aliphatic rings. The van der Waals surface area contributed by atoms with E-state index in [-0.39, 0.29) is 42.3 Å². The van der Waals surface area contributed by atoms with Crippen LogP contribution in [0.25, 0.3) is 0 Å². The van der Waals surface area contributed by atoms with Crippen LogP contribution in [0.15, 0.2) is 0 Å². The van der Waals surface area contributed by atoms with Crippen LogP contribution in [-0.4, -0.2) is 115 Å². The highest BCUT2D eigenvalue weighted by Gasteiger charge is 2.75. The van der Waals surface area contributed by atoms with Gasteiger partial charge in [0.15, 0.2) is 12.1 Å². The minimum Gasteiger partial charge on any atom is -0.390 e. The van der Waals surface area contributed by atoms with Gasteiger partial charge in [0, 0.05) is 17.8 Å². The number of fused-ring (bicyclic) bond motifs is 7. The minimum atomic E-state index is -1.75. The zero-order valence-electron chi connectivity index (χ0n) is 25.8. The van der Waals surface area contributed by atoms with Crippen LogP contribution in [0.3, 0.4) is 0 Å². The summed E-state index contributed by atoms with van der Waals surface area (Å²) in [5.74, 6) is 0.958. The van der Waals surface area contributed by atoms with Crippen LogP contribution >= 0.6 is 0 Å². The van der Waals surface area contributed by atoms with Crippen LogP contribution in [0.2, 0.25) is 0 Å². The fourth-order valence-corrected chi connectivity index (χ4v) is 11.6. The van der Waals surface area contributed by atoms with E-state index in [0.29, 0.717) is 24.2 Å². The van der Waals surface area contributed by atoms with Gasteiger partial charge in [-0.05, 0) is 73.5 Å². The van der Waals surface area contributed by atoms with Gasteiger partial charge in [0.25, 0.3) is 0 Å². The predicted octanol–water partition coefficient (Wildman–Crippen LogP) is 0.284. The smallest absolute Gasteiger partial charge is 0.186 e. The van der Waals surface area contributed by atoms with E-state index in [0.717, 1.165) is 38.7 Å². The second-order valence-electron chi connectivity index (χ2n) is 15.9. The van der Waals surface area contributed by atoms with Crippen LogP contribution < -0.4 is 0 Å². The highest BCUT2D eigenvalue weighted by molar-refractivity contribution is 5.23. The van der Waals surface area contributed by atoms with Crippen molar-refractivity contribution in [2.24, 2.45) is 46.3 Å². The van der Waals surface area contributed by atoms with E-state index in [1.165, 1.54) is 0 Å². The average Bonchev–Trinajstić information content (AvgIpc) is 3.42. The van der Waals surface area contributed by atoms with Gasteiger partial charge in [0.1, 0.15) is 42.2 Å². The Morgan fingerprint density at radius 1 is 0.791 bits per heavy atom. The highest BCUT2D eigenvalue weighted by atomic mass is 16.7. The molecule has 11 heteroatoms. The lowest BCUT2D eigenvalue weighted by Gasteiger charge is -2.67. The molecular formula is C32H52O11. The Hall–Kier alpha value is -0.440. The molecule has 4 saturated carbocycles. The number of hydrogen-bond donors (Lipinski definition) is 7. The highest BCUT2D eigenvalue weighted by Crippen LogP contribution is 2.72. The summed E-state index contributed by atoms with van der Waals surface area (Å²) < 4.78 is 24.8. The van der Waals surface area contributed by atoms with E-state index < -0.39 is 65.8 Å². The molecule has 43 heavy (non-hydrogen) atoms. The van der Waals surface area contributed by atoms with Crippen molar-refractivity contribution >= 4 is 0 Å². The second-order valence-corrected chi connectivity index (χ2v) is 15.9. The maximum Gasteiger partial charge on any atom is 0.186 e. The van der Waals surface area contributed by atoms with Gasteiger partial charge in [-0.25, -0.2) is 0 Å². The third-order valence-electron chi connectivity index (χ3n) is 14.1. The zero-order chi connectivity index (χ0) is 30.9. The first-order valence-electron chi connectivity index (χ1n) is 16.6. The summed E-state index contributed by atoms with van der Waals surface area (Å²) in [4.78, 5) is 0. The average molecular weight is 613 g/mol. The summed E-state index contributed by atoms with van der Waals surface area (Å²) in [6.45, 7) is 9.15. The van der Waals surface area contributed by atoms with Gasteiger partial charge in [0.2, 0.25) is 0 Å². The Labute approximate surface area is 253 Å². The van der Waals surface area contributed by atoms with E-state index in [4.69, 9.17) is 18.9 Å². The van der Waals surface area contributed by atoms with Gasteiger partial charge >= 0.3 is 0 Å². The van der Waals surface area contributed by atoms with Crippen molar-refractivity contribution in [3.63, 3.8) is 0 Å². The summed E-state index contributed by atoms with van der Waals surface area (Å²) in [5, 5.41) is 77.1. The van der Waals surface area contributed by atoms with Crippen molar-refractivity contribution in [1.82, 2.24) is 0 Å². The summed E-state index contributed by atoms with van der Waals surface area (Å²) in [6.07, 6.45) is -6.48. The van der Waals surface area contributed by atoms with E-state index in [1.807, 2.05) is 0 Å². The normalized spacial score (nSPS) is 63.3. The quantitative estimate of drug-likeness (QED) is 0.228. The molecule has 0 unspecified atom stereocenters.